The van der Waals surface area contributed by atoms with Crippen LogP contribution >= 0.6 is 0 Å². The van der Waals surface area contributed by atoms with Crippen LogP contribution in [0.3, 0.4) is 0 Å². The molecule has 2 aromatic heterocycles. The predicted molar refractivity (Wildman–Crippen MR) is 108 cm³/mol. The highest BCUT2D eigenvalue weighted by Gasteiger charge is 2.15. The van der Waals surface area contributed by atoms with Gasteiger partial charge in [-0.2, -0.15) is 0 Å². The van der Waals surface area contributed by atoms with Gasteiger partial charge in [0.2, 0.25) is 0 Å². The standard InChI is InChI=1S/C20H25N5O/c1-14(2)17-12-25(19(24-13-21)7-9-22-5)18-10-15(23-11-16(17)18)6-8-20(3,4)26/h7,9-12,14,26H,5,13,21H2,1-4H3/b9-7-,24-19+. The Morgan fingerprint density at radius 2 is 2.23 bits per heavy atom. The van der Waals surface area contributed by atoms with E-state index in [-0.39, 0.29) is 6.67 Å². The minimum atomic E-state index is -1.08. The molecule has 0 saturated carbocycles. The second-order valence-corrected chi connectivity index (χ2v) is 6.70. The molecule has 136 valence electrons. The van der Waals surface area contributed by atoms with E-state index in [4.69, 9.17) is 5.73 Å². The van der Waals surface area contributed by atoms with Gasteiger partial charge in [0.1, 0.15) is 17.1 Å². The third-order valence-corrected chi connectivity index (χ3v) is 3.67. The van der Waals surface area contributed by atoms with Crippen molar-refractivity contribution in [2.45, 2.75) is 39.2 Å². The average molecular weight is 351 g/mol. The molecule has 0 aromatic carbocycles. The summed E-state index contributed by atoms with van der Waals surface area (Å²) in [6.07, 6.45) is 7.18. The number of hydrogen-bond acceptors (Lipinski definition) is 5. The highest BCUT2D eigenvalue weighted by molar-refractivity contribution is 6.02. The molecule has 0 aliphatic carbocycles. The van der Waals surface area contributed by atoms with Gasteiger partial charge in [0.15, 0.2) is 0 Å². The topological polar surface area (TPSA) is 88.8 Å². The van der Waals surface area contributed by atoms with Crippen molar-refractivity contribution in [2.24, 2.45) is 15.7 Å². The highest BCUT2D eigenvalue weighted by atomic mass is 16.3. The van der Waals surface area contributed by atoms with Crippen molar-refractivity contribution < 1.29 is 5.11 Å². The fourth-order valence-electron chi connectivity index (χ4n) is 2.50. The summed E-state index contributed by atoms with van der Waals surface area (Å²) in [6.45, 7) is 11.1. The third kappa shape index (κ3) is 4.66. The van der Waals surface area contributed by atoms with Crippen LogP contribution in [0.4, 0.5) is 0 Å². The van der Waals surface area contributed by atoms with Gasteiger partial charge in [0.05, 0.1) is 12.2 Å². The molecule has 0 amide bonds. The van der Waals surface area contributed by atoms with Crippen molar-refractivity contribution in [3.63, 3.8) is 0 Å². The van der Waals surface area contributed by atoms with E-state index in [1.807, 2.05) is 23.0 Å². The van der Waals surface area contributed by atoms with Gasteiger partial charge in [-0.25, -0.2) is 4.98 Å². The summed E-state index contributed by atoms with van der Waals surface area (Å²) in [5, 5.41) is 10.8. The van der Waals surface area contributed by atoms with Crippen LogP contribution in [-0.4, -0.2) is 39.5 Å². The van der Waals surface area contributed by atoms with Gasteiger partial charge < -0.3 is 15.4 Å². The molecule has 6 nitrogen and oxygen atoms in total. The number of rotatable bonds is 4. The number of nitrogens with two attached hydrogens (primary N) is 1. The van der Waals surface area contributed by atoms with Gasteiger partial charge >= 0.3 is 0 Å². The molecule has 0 fully saturated rings. The Morgan fingerprint density at radius 1 is 1.50 bits per heavy atom. The number of fused-ring (bicyclic) bond motifs is 1. The SMILES string of the molecule is C=N/C=C\C(=N/CN)n1cc(C(C)C)c2cnc(C#CC(C)(C)O)cc21. The van der Waals surface area contributed by atoms with Crippen LogP contribution in [0.25, 0.3) is 10.9 Å². The minimum Gasteiger partial charge on any atom is -0.378 e. The molecule has 0 aliphatic rings. The number of pyridine rings is 1. The van der Waals surface area contributed by atoms with Gasteiger partial charge in [-0.1, -0.05) is 19.8 Å². The van der Waals surface area contributed by atoms with Crippen molar-refractivity contribution in [1.29, 1.82) is 0 Å². The molecule has 0 unspecified atom stereocenters. The first-order valence-electron chi connectivity index (χ1n) is 8.40. The van der Waals surface area contributed by atoms with Crippen LogP contribution < -0.4 is 5.73 Å². The average Bonchev–Trinajstić information content (AvgIpc) is 2.95. The number of aliphatic hydroxyl groups is 1. The fourth-order valence-corrected chi connectivity index (χ4v) is 2.50. The molecule has 0 saturated heterocycles. The number of hydrogen-bond donors (Lipinski definition) is 2. The van der Waals surface area contributed by atoms with Gasteiger partial charge in [-0.05, 0) is 50.1 Å². The summed E-state index contributed by atoms with van der Waals surface area (Å²) in [5.74, 6) is 6.68. The second-order valence-electron chi connectivity index (χ2n) is 6.70. The molecule has 2 aromatic rings. The predicted octanol–water partition coefficient (Wildman–Crippen LogP) is 2.66. The van der Waals surface area contributed by atoms with E-state index < -0.39 is 5.60 Å². The largest absolute Gasteiger partial charge is 0.378 e. The number of allylic oxidation sites excluding steroid dienone is 1. The molecular weight excluding hydrogens is 326 g/mol. The summed E-state index contributed by atoms with van der Waals surface area (Å²) >= 11 is 0. The van der Waals surface area contributed by atoms with Crippen LogP contribution in [0.15, 0.2) is 40.7 Å². The van der Waals surface area contributed by atoms with Crippen LogP contribution in [-0.2, 0) is 0 Å². The molecule has 3 N–H and O–H groups in total. The van der Waals surface area contributed by atoms with Crippen LogP contribution in [0.5, 0.6) is 0 Å². The number of aromatic nitrogens is 2. The first-order valence-corrected chi connectivity index (χ1v) is 8.40. The maximum Gasteiger partial charge on any atom is 0.135 e. The summed E-state index contributed by atoms with van der Waals surface area (Å²) in [7, 11) is 0. The summed E-state index contributed by atoms with van der Waals surface area (Å²) in [6, 6.07) is 1.89. The first-order chi connectivity index (χ1) is 12.3. The maximum absolute atomic E-state index is 9.81. The Kier molecular flexibility index (Phi) is 6.09. The van der Waals surface area contributed by atoms with E-state index in [2.05, 4.69) is 47.4 Å². The Morgan fingerprint density at radius 3 is 2.81 bits per heavy atom. The minimum absolute atomic E-state index is 0.157. The lowest BCUT2D eigenvalue weighted by Crippen LogP contribution is -2.14. The molecule has 0 radical (unpaired) electrons. The van der Waals surface area contributed by atoms with Crippen molar-refractivity contribution in [3.05, 3.63) is 42.0 Å². The maximum atomic E-state index is 9.81. The van der Waals surface area contributed by atoms with Crippen LogP contribution in [0.1, 0.15) is 44.9 Å². The monoisotopic (exact) mass is 351 g/mol. The van der Waals surface area contributed by atoms with E-state index in [0.29, 0.717) is 17.4 Å². The van der Waals surface area contributed by atoms with Crippen molar-refractivity contribution >= 4 is 23.5 Å². The fraction of sp³-hybridized carbons (Fsp3) is 0.350. The summed E-state index contributed by atoms with van der Waals surface area (Å²) in [5.41, 5.74) is 7.20. The molecule has 0 spiro atoms. The zero-order valence-electron chi connectivity index (χ0n) is 15.7. The van der Waals surface area contributed by atoms with Gasteiger partial charge in [0, 0.05) is 24.0 Å². The second kappa shape index (κ2) is 8.09. The van der Waals surface area contributed by atoms with Crippen LogP contribution in [0.2, 0.25) is 0 Å². The smallest absolute Gasteiger partial charge is 0.135 e. The number of nitrogens with zero attached hydrogens (tertiary/aromatic N) is 4. The summed E-state index contributed by atoms with van der Waals surface area (Å²) in [4.78, 5) is 12.5. The first kappa shape index (κ1) is 19.6. The normalized spacial score (nSPS) is 12.7. The molecule has 0 bridgehead atoms. The van der Waals surface area contributed by atoms with Gasteiger partial charge in [-0.15, -0.1) is 0 Å². The van der Waals surface area contributed by atoms with Crippen LogP contribution in [0, 0.1) is 11.8 Å². The molecule has 6 heteroatoms. The summed E-state index contributed by atoms with van der Waals surface area (Å²) < 4.78 is 1.95. The molecule has 0 atom stereocenters. The van der Waals surface area contributed by atoms with Crippen molar-refractivity contribution in [3.8, 4) is 11.8 Å². The lowest BCUT2D eigenvalue weighted by atomic mass is 10.0. The Labute approximate surface area is 154 Å². The Hall–Kier alpha value is -2.75. The third-order valence-electron chi connectivity index (χ3n) is 3.67. The molecule has 2 heterocycles. The van der Waals surface area contributed by atoms with E-state index >= 15 is 0 Å². The van der Waals surface area contributed by atoms with E-state index in [1.54, 1.807) is 26.1 Å². The molecular formula is C20H25N5O. The lowest BCUT2D eigenvalue weighted by Gasteiger charge is -2.07. The molecule has 0 aliphatic heterocycles. The Bertz CT molecular complexity index is 917. The zero-order chi connectivity index (χ0) is 19.3. The van der Waals surface area contributed by atoms with E-state index in [1.165, 1.54) is 0 Å². The molecule has 2 rings (SSSR count). The Balaban J connectivity index is 2.71. The lowest BCUT2D eigenvalue weighted by molar-refractivity contribution is 0.143. The zero-order valence-corrected chi connectivity index (χ0v) is 15.7. The van der Waals surface area contributed by atoms with Gasteiger partial charge in [-0.3, -0.25) is 9.98 Å². The van der Waals surface area contributed by atoms with Crippen molar-refractivity contribution in [1.82, 2.24) is 9.55 Å². The molecule has 26 heavy (non-hydrogen) atoms. The van der Waals surface area contributed by atoms with Gasteiger partial charge in [0.25, 0.3) is 0 Å². The number of aliphatic imine (C=N–C) groups is 2. The van der Waals surface area contributed by atoms with E-state index in [0.717, 1.165) is 16.5 Å². The highest BCUT2D eigenvalue weighted by Crippen LogP contribution is 2.27. The quantitative estimate of drug-likeness (QED) is 0.504. The van der Waals surface area contributed by atoms with Crippen molar-refractivity contribution in [2.75, 3.05) is 6.67 Å². The van der Waals surface area contributed by atoms with E-state index in [9.17, 15) is 5.11 Å².